The molecule has 0 aliphatic heterocycles. The molecule has 0 radical (unpaired) electrons. The Hall–Kier alpha value is -1.27. The van der Waals surface area contributed by atoms with E-state index in [1.165, 1.54) is 18.5 Å². The van der Waals surface area contributed by atoms with E-state index in [2.05, 4.69) is 26.0 Å². The zero-order valence-corrected chi connectivity index (χ0v) is 12.3. The van der Waals surface area contributed by atoms with Gasteiger partial charge in [0.05, 0.1) is 6.10 Å². The molecule has 2 rings (SSSR count). The summed E-state index contributed by atoms with van der Waals surface area (Å²) in [6, 6.07) is 4.55. The quantitative estimate of drug-likeness (QED) is 0.939. The second kappa shape index (κ2) is 5.79. The topological polar surface area (TPSA) is 50.9 Å². The van der Waals surface area contributed by atoms with Crippen LogP contribution in [0, 0.1) is 5.82 Å². The first-order valence-corrected chi connectivity index (χ1v) is 6.79. The van der Waals surface area contributed by atoms with Crippen molar-refractivity contribution in [1.82, 2.24) is 14.8 Å². The third kappa shape index (κ3) is 3.39. The molecule has 0 aliphatic carbocycles. The molecule has 1 atom stereocenters. The molecule has 0 aliphatic rings. The summed E-state index contributed by atoms with van der Waals surface area (Å²) in [5.74, 6) is 0.302. The predicted molar refractivity (Wildman–Crippen MR) is 73.2 cm³/mol. The van der Waals surface area contributed by atoms with Gasteiger partial charge in [-0.05, 0) is 37.6 Å². The third-order valence-corrected chi connectivity index (χ3v) is 3.24. The Morgan fingerprint density at radius 3 is 2.74 bits per heavy atom. The van der Waals surface area contributed by atoms with Gasteiger partial charge in [0.1, 0.15) is 18.0 Å². The highest BCUT2D eigenvalue weighted by Gasteiger charge is 2.15. The molecule has 1 aromatic carbocycles. The lowest BCUT2D eigenvalue weighted by molar-refractivity contribution is 0.173. The molecule has 0 amide bonds. The van der Waals surface area contributed by atoms with E-state index in [4.69, 9.17) is 0 Å². The van der Waals surface area contributed by atoms with Crippen molar-refractivity contribution in [3.63, 3.8) is 0 Å². The van der Waals surface area contributed by atoms with E-state index in [-0.39, 0.29) is 11.9 Å². The highest BCUT2D eigenvalue weighted by molar-refractivity contribution is 9.10. The molecular formula is C13H15BrFN3O. The predicted octanol–water partition coefficient (Wildman–Crippen LogP) is 3.04. The zero-order chi connectivity index (χ0) is 14.0. The largest absolute Gasteiger partial charge is 0.388 e. The van der Waals surface area contributed by atoms with Gasteiger partial charge in [0.25, 0.3) is 0 Å². The first-order chi connectivity index (χ1) is 8.97. The van der Waals surface area contributed by atoms with Crippen LogP contribution in [0.4, 0.5) is 4.39 Å². The second-order valence-corrected chi connectivity index (χ2v) is 5.55. The Kier molecular flexibility index (Phi) is 4.31. The summed E-state index contributed by atoms with van der Waals surface area (Å²) in [6.07, 6.45) is 0.950. The molecule has 0 saturated heterocycles. The summed E-state index contributed by atoms with van der Waals surface area (Å²) < 4.78 is 15.7. The highest BCUT2D eigenvalue weighted by Crippen LogP contribution is 2.23. The fraction of sp³-hybridized carbons (Fsp3) is 0.385. The summed E-state index contributed by atoms with van der Waals surface area (Å²) in [6.45, 7) is 3.98. The van der Waals surface area contributed by atoms with Crippen LogP contribution in [0.3, 0.4) is 0 Å². The number of benzene rings is 1. The normalized spacial score (nSPS) is 12.9. The average molecular weight is 328 g/mol. The molecule has 4 nitrogen and oxygen atoms in total. The van der Waals surface area contributed by atoms with Crippen molar-refractivity contribution in [3.05, 3.63) is 46.2 Å². The monoisotopic (exact) mass is 327 g/mol. The molecule has 2 aromatic rings. The fourth-order valence-electron chi connectivity index (χ4n) is 1.91. The van der Waals surface area contributed by atoms with Crippen LogP contribution in [0.15, 0.2) is 29.0 Å². The summed E-state index contributed by atoms with van der Waals surface area (Å²) in [5, 5.41) is 14.3. The second-order valence-electron chi connectivity index (χ2n) is 4.64. The fourth-order valence-corrected chi connectivity index (χ4v) is 2.39. The van der Waals surface area contributed by atoms with Gasteiger partial charge in [-0.3, -0.25) is 0 Å². The lowest BCUT2D eigenvalue weighted by Gasteiger charge is -2.14. The number of nitrogens with zero attached hydrogens (tertiary/aromatic N) is 3. The Labute approximate surface area is 119 Å². The summed E-state index contributed by atoms with van der Waals surface area (Å²) >= 11 is 3.21. The van der Waals surface area contributed by atoms with Gasteiger partial charge in [-0.25, -0.2) is 14.1 Å². The summed E-state index contributed by atoms with van der Waals surface area (Å²) in [7, 11) is 0. The van der Waals surface area contributed by atoms with Crippen molar-refractivity contribution in [2.45, 2.75) is 32.4 Å². The number of aliphatic hydroxyl groups excluding tert-OH is 1. The van der Waals surface area contributed by atoms with E-state index >= 15 is 0 Å². The molecule has 0 saturated carbocycles. The zero-order valence-electron chi connectivity index (χ0n) is 10.7. The molecule has 1 heterocycles. The van der Waals surface area contributed by atoms with E-state index in [0.29, 0.717) is 22.3 Å². The maximum absolute atomic E-state index is 13.3. The van der Waals surface area contributed by atoms with Gasteiger partial charge in [0, 0.05) is 16.9 Å². The molecule has 0 bridgehead atoms. The van der Waals surface area contributed by atoms with Crippen LogP contribution in [-0.2, 0) is 6.42 Å². The van der Waals surface area contributed by atoms with Crippen molar-refractivity contribution in [1.29, 1.82) is 0 Å². The van der Waals surface area contributed by atoms with Gasteiger partial charge in [0.15, 0.2) is 0 Å². The van der Waals surface area contributed by atoms with E-state index in [9.17, 15) is 9.50 Å². The van der Waals surface area contributed by atoms with Crippen LogP contribution in [-0.4, -0.2) is 19.9 Å². The minimum absolute atomic E-state index is 0.170. The van der Waals surface area contributed by atoms with Crippen LogP contribution in [0.25, 0.3) is 0 Å². The smallest absolute Gasteiger partial charge is 0.138 e. The number of halogens is 2. The van der Waals surface area contributed by atoms with E-state index in [1.807, 2.05) is 13.8 Å². The van der Waals surface area contributed by atoms with Crippen LogP contribution in [0.1, 0.15) is 37.4 Å². The van der Waals surface area contributed by atoms with Crippen molar-refractivity contribution < 1.29 is 9.50 Å². The Morgan fingerprint density at radius 2 is 2.11 bits per heavy atom. The van der Waals surface area contributed by atoms with Gasteiger partial charge >= 0.3 is 0 Å². The van der Waals surface area contributed by atoms with Crippen LogP contribution >= 0.6 is 15.9 Å². The molecular weight excluding hydrogens is 313 g/mol. The first kappa shape index (κ1) is 14.1. The van der Waals surface area contributed by atoms with Gasteiger partial charge in [-0.1, -0.05) is 15.9 Å². The van der Waals surface area contributed by atoms with E-state index in [0.717, 1.165) is 0 Å². The van der Waals surface area contributed by atoms with Crippen LogP contribution < -0.4 is 0 Å². The number of rotatable bonds is 4. The average Bonchev–Trinajstić information content (AvgIpc) is 2.75. The molecule has 0 spiro atoms. The van der Waals surface area contributed by atoms with Crippen molar-refractivity contribution in [2.24, 2.45) is 0 Å². The molecule has 19 heavy (non-hydrogen) atoms. The molecule has 1 aromatic heterocycles. The number of hydrogen-bond donors (Lipinski definition) is 1. The number of hydrogen-bond acceptors (Lipinski definition) is 3. The molecule has 6 heteroatoms. The van der Waals surface area contributed by atoms with E-state index < -0.39 is 6.10 Å². The maximum atomic E-state index is 13.3. The molecule has 102 valence electrons. The SMILES string of the molecule is CC(C)n1ncnc1CC(O)c1cc(F)cc(Br)c1. The Balaban J connectivity index is 2.20. The minimum atomic E-state index is -0.811. The molecule has 0 fully saturated rings. The maximum Gasteiger partial charge on any atom is 0.138 e. The number of aliphatic hydroxyl groups is 1. The Morgan fingerprint density at radius 1 is 1.37 bits per heavy atom. The molecule has 1 unspecified atom stereocenters. The van der Waals surface area contributed by atoms with Gasteiger partial charge in [-0.2, -0.15) is 5.10 Å². The third-order valence-electron chi connectivity index (χ3n) is 2.78. The lowest BCUT2D eigenvalue weighted by Crippen LogP contribution is -2.12. The number of aromatic nitrogens is 3. The Bertz CT molecular complexity index is 551. The van der Waals surface area contributed by atoms with Gasteiger partial charge in [-0.15, -0.1) is 0 Å². The highest BCUT2D eigenvalue weighted by atomic mass is 79.9. The van der Waals surface area contributed by atoms with Crippen molar-refractivity contribution >= 4 is 15.9 Å². The van der Waals surface area contributed by atoms with Crippen molar-refractivity contribution in [3.8, 4) is 0 Å². The molecule has 1 N–H and O–H groups in total. The summed E-state index contributed by atoms with van der Waals surface area (Å²) in [5.41, 5.74) is 0.519. The minimum Gasteiger partial charge on any atom is -0.388 e. The van der Waals surface area contributed by atoms with Crippen molar-refractivity contribution in [2.75, 3.05) is 0 Å². The lowest BCUT2D eigenvalue weighted by atomic mass is 10.1. The standard InChI is InChI=1S/C13H15BrFN3O/c1-8(2)18-13(16-7-17-18)6-12(19)9-3-10(14)5-11(15)4-9/h3-5,7-8,12,19H,6H2,1-2H3. The van der Waals surface area contributed by atoms with Gasteiger partial charge < -0.3 is 5.11 Å². The summed E-state index contributed by atoms with van der Waals surface area (Å²) in [4.78, 5) is 4.13. The van der Waals surface area contributed by atoms with Crippen LogP contribution in [0.5, 0.6) is 0 Å². The van der Waals surface area contributed by atoms with E-state index in [1.54, 1.807) is 10.7 Å². The first-order valence-electron chi connectivity index (χ1n) is 6.00. The van der Waals surface area contributed by atoms with Gasteiger partial charge in [0.2, 0.25) is 0 Å². The van der Waals surface area contributed by atoms with Crippen LogP contribution in [0.2, 0.25) is 0 Å².